The normalized spacial score (nSPS) is 15.7. The summed E-state index contributed by atoms with van der Waals surface area (Å²) in [6, 6.07) is 16.9. The number of nitrogens with zero attached hydrogens (tertiary/aromatic N) is 1. The standard InChI is InChI=1S/C29H28ClFN2O4/c30-24-8-4-1-5-21(24)18-33(29(35)20-11-14-25-26(17-20)37-16-15-36-25)27(19-9-12-22(31)13-10-19)28(34)32-23-6-2-3-7-23/h1,4-5,8-14,17,23,27H,2-3,6-7,15-16,18H2,(H,32,34). The van der Waals surface area contributed by atoms with E-state index in [0.717, 1.165) is 25.7 Å². The molecule has 1 atom stereocenters. The molecular weight excluding hydrogens is 495 g/mol. The fourth-order valence-electron chi connectivity index (χ4n) is 4.90. The number of carbonyl (C=O) groups excluding carboxylic acids is 2. The molecule has 2 aliphatic rings. The fourth-order valence-corrected chi connectivity index (χ4v) is 5.10. The van der Waals surface area contributed by atoms with Crippen LogP contribution in [0.4, 0.5) is 4.39 Å². The van der Waals surface area contributed by atoms with Gasteiger partial charge in [-0.3, -0.25) is 9.59 Å². The zero-order valence-electron chi connectivity index (χ0n) is 20.3. The number of hydrogen-bond acceptors (Lipinski definition) is 4. The molecule has 3 aromatic rings. The number of nitrogens with one attached hydrogen (secondary N) is 1. The second-order valence-corrected chi connectivity index (χ2v) is 9.73. The Morgan fingerprint density at radius 1 is 0.973 bits per heavy atom. The van der Waals surface area contributed by atoms with Gasteiger partial charge < -0.3 is 19.7 Å². The molecule has 0 bridgehead atoms. The Bertz CT molecular complexity index is 1280. The highest BCUT2D eigenvalue weighted by atomic mass is 35.5. The second kappa shape index (κ2) is 11.2. The second-order valence-electron chi connectivity index (χ2n) is 9.33. The lowest BCUT2D eigenvalue weighted by Crippen LogP contribution is -2.46. The monoisotopic (exact) mass is 522 g/mol. The van der Waals surface area contributed by atoms with Crippen molar-refractivity contribution in [1.82, 2.24) is 10.2 Å². The van der Waals surface area contributed by atoms with Crippen LogP contribution in [0.15, 0.2) is 66.7 Å². The Hall–Kier alpha value is -3.58. The highest BCUT2D eigenvalue weighted by Crippen LogP contribution is 2.34. The van der Waals surface area contributed by atoms with Gasteiger partial charge in [0.1, 0.15) is 25.1 Å². The first-order chi connectivity index (χ1) is 18.0. The smallest absolute Gasteiger partial charge is 0.255 e. The molecule has 0 aromatic heterocycles. The van der Waals surface area contributed by atoms with Gasteiger partial charge in [-0.05, 0) is 60.4 Å². The van der Waals surface area contributed by atoms with Crippen LogP contribution in [-0.4, -0.2) is 36.0 Å². The topological polar surface area (TPSA) is 67.9 Å². The first-order valence-corrected chi connectivity index (χ1v) is 12.9. The van der Waals surface area contributed by atoms with Crippen molar-refractivity contribution in [1.29, 1.82) is 0 Å². The van der Waals surface area contributed by atoms with Gasteiger partial charge in [-0.25, -0.2) is 4.39 Å². The Morgan fingerprint density at radius 2 is 1.68 bits per heavy atom. The highest BCUT2D eigenvalue weighted by Gasteiger charge is 2.34. The maximum Gasteiger partial charge on any atom is 0.255 e. The van der Waals surface area contributed by atoms with E-state index in [2.05, 4.69) is 5.32 Å². The fraction of sp³-hybridized carbons (Fsp3) is 0.310. The van der Waals surface area contributed by atoms with Crippen LogP contribution in [0.2, 0.25) is 5.02 Å². The molecule has 8 heteroatoms. The van der Waals surface area contributed by atoms with E-state index < -0.39 is 11.9 Å². The number of ether oxygens (including phenoxy) is 2. The number of benzene rings is 3. The van der Waals surface area contributed by atoms with Crippen molar-refractivity contribution in [2.75, 3.05) is 13.2 Å². The lowest BCUT2D eigenvalue weighted by molar-refractivity contribution is -0.126. The summed E-state index contributed by atoms with van der Waals surface area (Å²) in [6.45, 7) is 0.899. The third kappa shape index (κ3) is 5.72. The van der Waals surface area contributed by atoms with Crippen molar-refractivity contribution >= 4 is 23.4 Å². The van der Waals surface area contributed by atoms with Gasteiger partial charge in [-0.1, -0.05) is 54.8 Å². The molecular formula is C29H28ClFN2O4. The van der Waals surface area contributed by atoms with E-state index in [1.165, 1.54) is 17.0 Å². The number of hydrogen-bond donors (Lipinski definition) is 1. The summed E-state index contributed by atoms with van der Waals surface area (Å²) in [4.78, 5) is 29.4. The molecule has 1 saturated carbocycles. The molecule has 6 nitrogen and oxygen atoms in total. The average molecular weight is 523 g/mol. The molecule has 5 rings (SSSR count). The number of rotatable bonds is 7. The molecule has 1 unspecified atom stereocenters. The Morgan fingerprint density at radius 3 is 2.41 bits per heavy atom. The van der Waals surface area contributed by atoms with Crippen molar-refractivity contribution in [3.05, 3.63) is 94.3 Å². The number of halogens is 2. The van der Waals surface area contributed by atoms with Crippen LogP contribution in [-0.2, 0) is 11.3 Å². The van der Waals surface area contributed by atoms with Gasteiger partial charge in [-0.2, -0.15) is 0 Å². The van der Waals surface area contributed by atoms with Crippen molar-refractivity contribution in [3.63, 3.8) is 0 Å². The van der Waals surface area contributed by atoms with Gasteiger partial charge in [0, 0.05) is 23.2 Å². The van der Waals surface area contributed by atoms with Crippen molar-refractivity contribution in [2.24, 2.45) is 0 Å². The molecule has 0 radical (unpaired) electrons. The third-order valence-corrected chi connectivity index (χ3v) is 7.16. The van der Waals surface area contributed by atoms with Crippen molar-refractivity contribution in [3.8, 4) is 11.5 Å². The van der Waals surface area contributed by atoms with Crippen LogP contribution in [0.25, 0.3) is 0 Å². The first kappa shape index (κ1) is 25.1. The SMILES string of the molecule is O=C(NC1CCCC1)C(c1ccc(F)cc1)N(Cc1ccccc1Cl)C(=O)c1ccc2c(c1)OCCO2. The zero-order valence-corrected chi connectivity index (χ0v) is 21.0. The Labute approximate surface area is 220 Å². The zero-order chi connectivity index (χ0) is 25.8. The molecule has 1 fully saturated rings. The summed E-state index contributed by atoms with van der Waals surface area (Å²) in [5.74, 6) is -0.0724. The molecule has 1 N–H and O–H groups in total. The summed E-state index contributed by atoms with van der Waals surface area (Å²) >= 11 is 6.48. The molecule has 37 heavy (non-hydrogen) atoms. The predicted octanol–water partition coefficient (Wildman–Crippen LogP) is 5.69. The maximum absolute atomic E-state index is 14.1. The summed E-state index contributed by atoms with van der Waals surface area (Å²) in [5, 5.41) is 3.61. The van der Waals surface area contributed by atoms with Crippen molar-refractivity contribution < 1.29 is 23.5 Å². The van der Waals surface area contributed by atoms with Crippen LogP contribution >= 0.6 is 11.6 Å². The van der Waals surface area contributed by atoms with Gasteiger partial charge in [0.05, 0.1) is 0 Å². The molecule has 1 aliphatic heterocycles. The molecule has 3 aromatic carbocycles. The van der Waals surface area contributed by atoms with Gasteiger partial charge in [0.25, 0.3) is 5.91 Å². The minimum absolute atomic E-state index is 0.0435. The summed E-state index contributed by atoms with van der Waals surface area (Å²) in [6.07, 6.45) is 3.88. The first-order valence-electron chi connectivity index (χ1n) is 12.5. The summed E-state index contributed by atoms with van der Waals surface area (Å²) in [5.41, 5.74) is 1.54. The van der Waals surface area contributed by atoms with E-state index in [9.17, 15) is 14.0 Å². The molecule has 1 heterocycles. The molecule has 1 aliphatic carbocycles. The van der Waals surface area contributed by atoms with E-state index in [1.54, 1.807) is 36.4 Å². The van der Waals surface area contributed by atoms with Crippen LogP contribution in [0.3, 0.4) is 0 Å². The number of fused-ring (bicyclic) bond motifs is 1. The van der Waals surface area contributed by atoms with Crippen LogP contribution in [0.1, 0.15) is 53.2 Å². The molecule has 192 valence electrons. The summed E-state index contributed by atoms with van der Waals surface area (Å²) < 4.78 is 25.1. The third-order valence-electron chi connectivity index (χ3n) is 6.80. The Kier molecular flexibility index (Phi) is 7.60. The lowest BCUT2D eigenvalue weighted by atomic mass is 10.0. The predicted molar refractivity (Wildman–Crippen MR) is 138 cm³/mol. The number of carbonyl (C=O) groups is 2. The molecule has 2 amide bonds. The Balaban J connectivity index is 1.56. The maximum atomic E-state index is 14.1. The van der Waals surface area contributed by atoms with Crippen molar-refractivity contribution in [2.45, 2.75) is 44.3 Å². The van der Waals surface area contributed by atoms with Gasteiger partial charge in [0.2, 0.25) is 5.91 Å². The minimum Gasteiger partial charge on any atom is -0.486 e. The van der Waals surface area contributed by atoms with Gasteiger partial charge >= 0.3 is 0 Å². The van der Waals surface area contributed by atoms with E-state index in [4.69, 9.17) is 21.1 Å². The highest BCUT2D eigenvalue weighted by molar-refractivity contribution is 6.31. The van der Waals surface area contributed by atoms with E-state index >= 15 is 0 Å². The molecule has 0 spiro atoms. The summed E-state index contributed by atoms with van der Waals surface area (Å²) in [7, 11) is 0. The average Bonchev–Trinajstić information content (AvgIpc) is 3.43. The van der Waals surface area contributed by atoms with E-state index in [-0.39, 0.29) is 24.4 Å². The van der Waals surface area contributed by atoms with E-state index in [1.807, 2.05) is 18.2 Å². The lowest BCUT2D eigenvalue weighted by Gasteiger charge is -2.33. The molecule has 0 saturated heterocycles. The van der Waals surface area contributed by atoms with Crippen LogP contribution in [0, 0.1) is 5.82 Å². The minimum atomic E-state index is -1.00. The van der Waals surface area contributed by atoms with E-state index in [0.29, 0.717) is 46.4 Å². The number of amides is 2. The van der Waals surface area contributed by atoms with Gasteiger partial charge in [0.15, 0.2) is 11.5 Å². The van der Waals surface area contributed by atoms with Crippen LogP contribution in [0.5, 0.6) is 11.5 Å². The van der Waals surface area contributed by atoms with Crippen LogP contribution < -0.4 is 14.8 Å². The van der Waals surface area contributed by atoms with Gasteiger partial charge in [-0.15, -0.1) is 0 Å². The largest absolute Gasteiger partial charge is 0.486 e. The quantitative estimate of drug-likeness (QED) is 0.432.